The monoisotopic (exact) mass is 546 g/mol. The number of esters is 1. The minimum atomic E-state index is -2.02. The maximum absolute atomic E-state index is 12.4. The molecule has 5 heteroatoms. The quantitative estimate of drug-likeness (QED) is 0.228. The zero-order chi connectivity index (χ0) is 26.9. The lowest BCUT2D eigenvalue weighted by Crippen LogP contribution is -2.49. The minimum Gasteiger partial charge on any atom is -0.543 e. The molecule has 4 saturated carbocycles. The molecule has 0 spiro atoms. The van der Waals surface area contributed by atoms with Crippen molar-refractivity contribution in [3.63, 3.8) is 0 Å². The summed E-state index contributed by atoms with van der Waals surface area (Å²) < 4.78 is 12.4. The SMILES string of the molecule is CCOC(=O)c1csc(-c2cccc3cc(O[Si](C)(C)C(C)(C)C)c(C45CC6CC(CC(C6)C4)C5)cc23)c1. The van der Waals surface area contributed by atoms with Crippen LogP contribution in [-0.2, 0) is 10.2 Å². The highest BCUT2D eigenvalue weighted by Crippen LogP contribution is 2.62. The molecular weight excluding hydrogens is 505 g/mol. The van der Waals surface area contributed by atoms with Gasteiger partial charge >= 0.3 is 5.97 Å². The van der Waals surface area contributed by atoms with Gasteiger partial charge in [-0.1, -0.05) is 39.0 Å². The van der Waals surface area contributed by atoms with E-state index in [0.717, 1.165) is 28.4 Å². The average molecular weight is 547 g/mol. The van der Waals surface area contributed by atoms with Crippen LogP contribution in [-0.4, -0.2) is 20.9 Å². The molecule has 3 nitrogen and oxygen atoms in total. The molecule has 7 rings (SSSR count). The number of thiophene rings is 1. The Morgan fingerprint density at radius 3 is 2.29 bits per heavy atom. The van der Waals surface area contributed by atoms with E-state index in [1.54, 1.807) is 11.3 Å². The van der Waals surface area contributed by atoms with Crippen molar-refractivity contribution in [2.75, 3.05) is 6.61 Å². The molecular formula is C33H42O3SSi. The molecule has 4 fully saturated rings. The van der Waals surface area contributed by atoms with Crippen LogP contribution < -0.4 is 4.43 Å². The van der Waals surface area contributed by atoms with Crippen molar-refractivity contribution in [1.29, 1.82) is 0 Å². The smallest absolute Gasteiger partial charge is 0.338 e. The Morgan fingerprint density at radius 1 is 1.03 bits per heavy atom. The van der Waals surface area contributed by atoms with Crippen LogP contribution in [0.2, 0.25) is 18.1 Å². The summed E-state index contributed by atoms with van der Waals surface area (Å²) in [5, 5.41) is 4.57. The molecule has 3 aromatic rings. The lowest BCUT2D eigenvalue weighted by molar-refractivity contribution is -0.00580. The topological polar surface area (TPSA) is 35.5 Å². The van der Waals surface area contributed by atoms with Gasteiger partial charge in [0, 0.05) is 10.3 Å². The van der Waals surface area contributed by atoms with E-state index in [9.17, 15) is 4.79 Å². The maximum Gasteiger partial charge on any atom is 0.338 e. The number of carbonyl (C=O) groups is 1. The van der Waals surface area contributed by atoms with Crippen molar-refractivity contribution >= 4 is 36.4 Å². The Balaban J connectivity index is 1.51. The summed E-state index contributed by atoms with van der Waals surface area (Å²) >= 11 is 1.63. The van der Waals surface area contributed by atoms with Gasteiger partial charge in [0.1, 0.15) is 5.75 Å². The van der Waals surface area contributed by atoms with E-state index >= 15 is 0 Å². The van der Waals surface area contributed by atoms with Gasteiger partial charge in [-0.25, -0.2) is 4.79 Å². The van der Waals surface area contributed by atoms with Crippen molar-refractivity contribution in [3.05, 3.63) is 52.9 Å². The summed E-state index contributed by atoms with van der Waals surface area (Å²) in [6.07, 6.45) is 8.23. The fraction of sp³-hybridized carbons (Fsp3) is 0.545. The Labute approximate surface area is 233 Å². The molecule has 0 unspecified atom stereocenters. The first-order chi connectivity index (χ1) is 18.0. The first-order valence-electron chi connectivity index (χ1n) is 14.5. The summed E-state index contributed by atoms with van der Waals surface area (Å²) in [4.78, 5) is 13.5. The number of hydrogen-bond acceptors (Lipinski definition) is 4. The van der Waals surface area contributed by atoms with Crippen molar-refractivity contribution in [2.24, 2.45) is 17.8 Å². The lowest BCUT2D eigenvalue weighted by Gasteiger charge is -2.57. The summed E-state index contributed by atoms with van der Waals surface area (Å²) in [6.45, 7) is 14.0. The zero-order valence-corrected chi connectivity index (χ0v) is 25.7. The fourth-order valence-electron chi connectivity index (χ4n) is 7.69. The van der Waals surface area contributed by atoms with Crippen LogP contribution >= 0.6 is 11.3 Å². The summed E-state index contributed by atoms with van der Waals surface area (Å²) in [5.41, 5.74) is 3.54. The maximum atomic E-state index is 12.4. The molecule has 202 valence electrons. The molecule has 4 aliphatic carbocycles. The molecule has 0 radical (unpaired) electrons. The number of hydrogen-bond donors (Lipinski definition) is 0. The van der Waals surface area contributed by atoms with Crippen LogP contribution in [0.25, 0.3) is 21.2 Å². The second kappa shape index (κ2) is 9.23. The first-order valence-corrected chi connectivity index (χ1v) is 18.3. The Kier molecular flexibility index (Phi) is 6.35. The number of ether oxygens (including phenoxy) is 1. The fourth-order valence-corrected chi connectivity index (χ4v) is 9.63. The second-order valence-corrected chi connectivity index (χ2v) is 19.5. The van der Waals surface area contributed by atoms with Crippen LogP contribution in [0.5, 0.6) is 5.75 Å². The number of rotatable bonds is 6. The van der Waals surface area contributed by atoms with E-state index in [1.165, 1.54) is 60.4 Å². The standard InChI is InChI=1S/C33H42O3SSi/c1-7-35-31(34)25-15-30(37-20-25)26-10-8-9-24-14-29(36-38(5,6)32(2,3)4)28(16-27(24)26)33-17-21-11-22(18-33)13-23(12-21)19-33/h8-10,14-16,20-23H,7,11-13,17-19H2,1-6H3. The molecule has 0 aliphatic heterocycles. The molecule has 0 atom stereocenters. The van der Waals surface area contributed by atoms with Crippen molar-refractivity contribution in [3.8, 4) is 16.2 Å². The normalized spacial score (nSPS) is 26.6. The predicted octanol–water partition coefficient (Wildman–Crippen LogP) is 9.60. The molecule has 38 heavy (non-hydrogen) atoms. The molecule has 1 aromatic heterocycles. The predicted molar refractivity (Wildman–Crippen MR) is 161 cm³/mol. The largest absolute Gasteiger partial charge is 0.543 e. The third-order valence-electron chi connectivity index (χ3n) is 10.1. The van der Waals surface area contributed by atoms with Crippen LogP contribution in [0.15, 0.2) is 41.8 Å². The highest BCUT2D eigenvalue weighted by molar-refractivity contribution is 7.14. The van der Waals surface area contributed by atoms with Gasteiger partial charge in [0.15, 0.2) is 0 Å². The van der Waals surface area contributed by atoms with Gasteiger partial charge in [0.2, 0.25) is 8.32 Å². The number of fused-ring (bicyclic) bond motifs is 1. The first kappa shape index (κ1) is 26.1. The van der Waals surface area contributed by atoms with E-state index in [0.29, 0.717) is 12.2 Å². The molecule has 0 N–H and O–H groups in total. The summed E-state index contributed by atoms with van der Waals surface area (Å²) in [5.74, 6) is 3.52. The van der Waals surface area contributed by atoms with Gasteiger partial charge in [0.25, 0.3) is 0 Å². The number of carbonyl (C=O) groups excluding carboxylic acids is 1. The molecule has 4 bridgehead atoms. The van der Waals surface area contributed by atoms with E-state index < -0.39 is 8.32 Å². The summed E-state index contributed by atoms with van der Waals surface area (Å²) in [7, 11) is -2.02. The molecule has 4 aliphatic rings. The Hall–Kier alpha value is -2.11. The van der Waals surface area contributed by atoms with Crippen molar-refractivity contribution < 1.29 is 14.0 Å². The highest BCUT2D eigenvalue weighted by Gasteiger charge is 2.53. The Bertz CT molecular complexity index is 1340. The molecule has 0 saturated heterocycles. The summed E-state index contributed by atoms with van der Waals surface area (Å²) in [6, 6.07) is 13.4. The highest BCUT2D eigenvalue weighted by atomic mass is 32.1. The third kappa shape index (κ3) is 4.44. The van der Waals surface area contributed by atoms with Crippen LogP contribution in [0, 0.1) is 17.8 Å². The third-order valence-corrected chi connectivity index (χ3v) is 15.4. The molecule has 1 heterocycles. The second-order valence-electron chi connectivity index (χ2n) is 13.9. The van der Waals surface area contributed by atoms with Gasteiger partial charge in [-0.3, -0.25) is 0 Å². The van der Waals surface area contributed by atoms with Gasteiger partial charge in [-0.15, -0.1) is 11.3 Å². The minimum absolute atomic E-state index is 0.142. The van der Waals surface area contributed by atoms with E-state index in [-0.39, 0.29) is 16.4 Å². The van der Waals surface area contributed by atoms with Crippen molar-refractivity contribution in [2.45, 2.75) is 89.8 Å². The van der Waals surface area contributed by atoms with E-state index in [4.69, 9.17) is 9.16 Å². The zero-order valence-electron chi connectivity index (χ0n) is 23.9. The Morgan fingerprint density at radius 2 is 1.68 bits per heavy atom. The van der Waals surface area contributed by atoms with Crippen molar-refractivity contribution in [1.82, 2.24) is 0 Å². The number of benzene rings is 2. The van der Waals surface area contributed by atoms with Crippen LogP contribution in [0.4, 0.5) is 0 Å². The van der Waals surface area contributed by atoms with Gasteiger partial charge in [-0.05, 0) is 127 Å². The molecule has 0 amide bonds. The van der Waals surface area contributed by atoms with Crippen LogP contribution in [0.3, 0.4) is 0 Å². The molecule has 2 aromatic carbocycles. The van der Waals surface area contributed by atoms with E-state index in [2.05, 4.69) is 64.2 Å². The van der Waals surface area contributed by atoms with E-state index in [1.807, 2.05) is 18.4 Å². The van der Waals surface area contributed by atoms with Gasteiger partial charge in [-0.2, -0.15) is 0 Å². The van der Waals surface area contributed by atoms with Crippen LogP contribution in [0.1, 0.15) is 82.1 Å². The van der Waals surface area contributed by atoms with Gasteiger partial charge in [0.05, 0.1) is 12.2 Å². The van der Waals surface area contributed by atoms with Gasteiger partial charge < -0.3 is 9.16 Å². The average Bonchev–Trinajstić information content (AvgIpc) is 3.32. The lowest BCUT2D eigenvalue weighted by atomic mass is 9.48.